The molecule has 0 spiro atoms. The lowest BCUT2D eigenvalue weighted by Crippen LogP contribution is -2.39. The molecule has 104 valence electrons. The highest BCUT2D eigenvalue weighted by atomic mass is 32.1. The van der Waals surface area contributed by atoms with E-state index >= 15 is 0 Å². The number of nitrogens with zero attached hydrogens (tertiary/aromatic N) is 3. The van der Waals surface area contributed by atoms with E-state index in [0.717, 1.165) is 30.0 Å². The smallest absolute Gasteiger partial charge is 0.265 e. The van der Waals surface area contributed by atoms with Crippen molar-refractivity contribution in [2.24, 2.45) is 5.73 Å². The van der Waals surface area contributed by atoms with Gasteiger partial charge >= 0.3 is 0 Å². The van der Waals surface area contributed by atoms with Gasteiger partial charge in [0.25, 0.3) is 5.91 Å². The molecule has 20 heavy (non-hydrogen) atoms. The van der Waals surface area contributed by atoms with Crippen LogP contribution in [0.25, 0.3) is 10.6 Å². The molecular formula is C14H16N4OS. The summed E-state index contributed by atoms with van der Waals surface area (Å²) in [5.74, 6) is 0.0516. The third-order valence-electron chi connectivity index (χ3n) is 3.55. The molecule has 1 amide bonds. The van der Waals surface area contributed by atoms with E-state index in [1.54, 1.807) is 18.6 Å². The molecule has 0 aromatic carbocycles. The molecule has 0 bridgehead atoms. The maximum Gasteiger partial charge on any atom is 0.265 e. The fraction of sp³-hybridized carbons (Fsp3) is 0.357. The van der Waals surface area contributed by atoms with Gasteiger partial charge in [-0.15, -0.1) is 11.3 Å². The highest BCUT2D eigenvalue weighted by Gasteiger charge is 2.29. The van der Waals surface area contributed by atoms with Crippen LogP contribution >= 0.6 is 11.3 Å². The van der Waals surface area contributed by atoms with Crippen LogP contribution in [-0.2, 0) is 0 Å². The Bertz CT molecular complexity index is 598. The van der Waals surface area contributed by atoms with Gasteiger partial charge in [0.15, 0.2) is 0 Å². The average molecular weight is 288 g/mol. The van der Waals surface area contributed by atoms with E-state index in [1.165, 1.54) is 11.3 Å². The lowest BCUT2D eigenvalue weighted by molar-refractivity contribution is 0.0746. The van der Waals surface area contributed by atoms with E-state index in [0.29, 0.717) is 11.4 Å². The Morgan fingerprint density at radius 3 is 3.00 bits per heavy atom. The Kier molecular flexibility index (Phi) is 3.75. The van der Waals surface area contributed by atoms with E-state index in [4.69, 9.17) is 5.73 Å². The minimum Gasteiger partial charge on any atom is -0.334 e. The number of likely N-dealkylation sites (tertiary alicyclic amines) is 1. The Labute approximate surface area is 121 Å². The third kappa shape index (κ3) is 2.44. The van der Waals surface area contributed by atoms with Gasteiger partial charge in [-0.05, 0) is 25.0 Å². The molecule has 6 heteroatoms. The predicted molar refractivity (Wildman–Crippen MR) is 78.5 cm³/mol. The van der Waals surface area contributed by atoms with E-state index in [1.807, 2.05) is 17.0 Å². The SMILES string of the molecule is NCC1CCCN1C(=O)c1cnc(-c2ccncc2)s1. The quantitative estimate of drug-likeness (QED) is 0.934. The zero-order valence-corrected chi connectivity index (χ0v) is 11.8. The fourth-order valence-electron chi connectivity index (χ4n) is 2.49. The number of carbonyl (C=O) groups is 1. The molecule has 2 N–H and O–H groups in total. The van der Waals surface area contributed by atoms with E-state index in [-0.39, 0.29) is 11.9 Å². The highest BCUT2D eigenvalue weighted by Crippen LogP contribution is 2.27. The van der Waals surface area contributed by atoms with E-state index in [2.05, 4.69) is 9.97 Å². The zero-order chi connectivity index (χ0) is 13.9. The van der Waals surface area contributed by atoms with Crippen LogP contribution in [0.2, 0.25) is 0 Å². The Hall–Kier alpha value is -1.79. The molecule has 2 aromatic rings. The topological polar surface area (TPSA) is 72.1 Å². The third-order valence-corrected chi connectivity index (χ3v) is 4.59. The summed E-state index contributed by atoms with van der Waals surface area (Å²) in [7, 11) is 0. The summed E-state index contributed by atoms with van der Waals surface area (Å²) in [6.45, 7) is 1.32. The predicted octanol–water partition coefficient (Wildman–Crippen LogP) is 1.77. The second kappa shape index (κ2) is 5.68. The fourth-order valence-corrected chi connectivity index (χ4v) is 3.37. The van der Waals surface area contributed by atoms with Crippen LogP contribution in [0.15, 0.2) is 30.7 Å². The van der Waals surface area contributed by atoms with Crippen LogP contribution in [0, 0.1) is 0 Å². The van der Waals surface area contributed by atoms with Crippen molar-refractivity contribution in [2.75, 3.05) is 13.1 Å². The first kappa shape index (κ1) is 13.2. The van der Waals surface area contributed by atoms with Crippen LogP contribution in [0.3, 0.4) is 0 Å². The van der Waals surface area contributed by atoms with Gasteiger partial charge < -0.3 is 10.6 Å². The molecule has 1 atom stereocenters. The first-order chi connectivity index (χ1) is 9.79. The second-order valence-electron chi connectivity index (χ2n) is 4.80. The Morgan fingerprint density at radius 2 is 2.25 bits per heavy atom. The molecule has 0 aliphatic carbocycles. The maximum atomic E-state index is 12.5. The molecule has 3 rings (SSSR count). The minimum atomic E-state index is 0.0516. The summed E-state index contributed by atoms with van der Waals surface area (Å²) < 4.78 is 0. The average Bonchev–Trinajstić information content (AvgIpc) is 3.16. The summed E-state index contributed by atoms with van der Waals surface area (Å²) in [6, 6.07) is 3.96. The minimum absolute atomic E-state index is 0.0516. The molecular weight excluding hydrogens is 272 g/mol. The summed E-state index contributed by atoms with van der Waals surface area (Å²) in [5, 5.41) is 0.847. The van der Waals surface area contributed by atoms with Crippen molar-refractivity contribution >= 4 is 17.2 Å². The van der Waals surface area contributed by atoms with Gasteiger partial charge in [-0.1, -0.05) is 0 Å². The maximum absolute atomic E-state index is 12.5. The number of amides is 1. The number of carbonyl (C=O) groups excluding carboxylic acids is 1. The number of rotatable bonds is 3. The number of pyridine rings is 1. The molecule has 0 saturated carbocycles. The van der Waals surface area contributed by atoms with Gasteiger partial charge in [0.2, 0.25) is 0 Å². The second-order valence-corrected chi connectivity index (χ2v) is 5.83. The van der Waals surface area contributed by atoms with Crippen LogP contribution < -0.4 is 5.73 Å². The van der Waals surface area contributed by atoms with Crippen molar-refractivity contribution < 1.29 is 4.79 Å². The van der Waals surface area contributed by atoms with Crippen LogP contribution in [0.4, 0.5) is 0 Å². The molecule has 2 aromatic heterocycles. The largest absolute Gasteiger partial charge is 0.334 e. The van der Waals surface area contributed by atoms with Gasteiger partial charge in [0, 0.05) is 37.1 Å². The van der Waals surface area contributed by atoms with Gasteiger partial charge in [0.05, 0.1) is 6.20 Å². The van der Waals surface area contributed by atoms with Gasteiger partial charge in [-0.3, -0.25) is 9.78 Å². The monoisotopic (exact) mass is 288 g/mol. The molecule has 1 fully saturated rings. The molecule has 0 radical (unpaired) electrons. The summed E-state index contributed by atoms with van der Waals surface area (Å²) >= 11 is 1.42. The standard InChI is InChI=1S/C14H16N4OS/c15-8-11-2-1-7-18(11)14(19)12-9-17-13(20-12)10-3-5-16-6-4-10/h3-6,9,11H,1-2,7-8,15H2. The molecule has 1 aliphatic heterocycles. The van der Waals surface area contributed by atoms with Crippen LogP contribution in [0.1, 0.15) is 22.5 Å². The van der Waals surface area contributed by atoms with Gasteiger partial charge in [-0.25, -0.2) is 4.98 Å². The summed E-state index contributed by atoms with van der Waals surface area (Å²) in [6.07, 6.45) is 7.14. The molecule has 1 aliphatic rings. The number of hydrogen-bond donors (Lipinski definition) is 1. The van der Waals surface area contributed by atoms with E-state index in [9.17, 15) is 4.79 Å². The van der Waals surface area contributed by atoms with Crippen LogP contribution in [0.5, 0.6) is 0 Å². The van der Waals surface area contributed by atoms with Crippen molar-refractivity contribution in [3.05, 3.63) is 35.6 Å². The zero-order valence-electron chi connectivity index (χ0n) is 11.0. The van der Waals surface area contributed by atoms with Gasteiger partial charge in [0.1, 0.15) is 9.88 Å². The molecule has 3 heterocycles. The van der Waals surface area contributed by atoms with Crippen LogP contribution in [-0.4, -0.2) is 39.9 Å². The summed E-state index contributed by atoms with van der Waals surface area (Å²) in [5.41, 5.74) is 6.71. The molecule has 5 nitrogen and oxygen atoms in total. The first-order valence-electron chi connectivity index (χ1n) is 6.67. The normalized spacial score (nSPS) is 18.4. The van der Waals surface area contributed by atoms with Crippen molar-refractivity contribution in [3.8, 4) is 10.6 Å². The number of aromatic nitrogens is 2. The molecule has 1 saturated heterocycles. The van der Waals surface area contributed by atoms with E-state index < -0.39 is 0 Å². The highest BCUT2D eigenvalue weighted by molar-refractivity contribution is 7.16. The first-order valence-corrected chi connectivity index (χ1v) is 7.48. The number of hydrogen-bond acceptors (Lipinski definition) is 5. The van der Waals surface area contributed by atoms with Crippen molar-refractivity contribution in [2.45, 2.75) is 18.9 Å². The Balaban J connectivity index is 1.82. The van der Waals surface area contributed by atoms with Crippen molar-refractivity contribution in [1.82, 2.24) is 14.9 Å². The van der Waals surface area contributed by atoms with Gasteiger partial charge in [-0.2, -0.15) is 0 Å². The summed E-state index contributed by atoms with van der Waals surface area (Å²) in [4.78, 5) is 23.4. The number of thiazole rings is 1. The number of nitrogens with two attached hydrogens (primary N) is 1. The van der Waals surface area contributed by atoms with Crippen molar-refractivity contribution in [3.63, 3.8) is 0 Å². The Morgan fingerprint density at radius 1 is 1.45 bits per heavy atom. The lowest BCUT2D eigenvalue weighted by atomic mass is 10.2. The van der Waals surface area contributed by atoms with Crippen molar-refractivity contribution in [1.29, 1.82) is 0 Å². The molecule has 1 unspecified atom stereocenters. The lowest BCUT2D eigenvalue weighted by Gasteiger charge is -2.22.